The van der Waals surface area contributed by atoms with Crippen LogP contribution < -0.4 is 0 Å². The molecule has 3 atom stereocenters. The van der Waals surface area contributed by atoms with Gasteiger partial charge >= 0.3 is 0 Å². The molecule has 2 heterocycles. The van der Waals surface area contributed by atoms with Gasteiger partial charge in [-0.15, -0.1) is 0 Å². The van der Waals surface area contributed by atoms with Crippen molar-refractivity contribution in [2.45, 2.75) is 63.5 Å². The van der Waals surface area contributed by atoms with Crippen molar-refractivity contribution in [3.05, 3.63) is 125 Å². The average Bonchev–Trinajstić information content (AvgIpc) is 3.66. The van der Waals surface area contributed by atoms with Gasteiger partial charge in [0.05, 0.1) is 5.69 Å². The molecule has 0 bridgehead atoms. The summed E-state index contributed by atoms with van der Waals surface area (Å²) in [5.74, 6) is 1.71. The third kappa shape index (κ3) is 6.37. The summed E-state index contributed by atoms with van der Waals surface area (Å²) in [6, 6.07) is 34.0. The Balaban J connectivity index is 1.11. The normalized spacial score (nSPS) is 21.4. The Kier molecular flexibility index (Phi) is 8.85. The molecule has 3 aromatic carbocycles. The quantitative estimate of drug-likeness (QED) is 0.221. The molecule has 218 valence electrons. The average molecular weight is 561 g/mol. The summed E-state index contributed by atoms with van der Waals surface area (Å²) in [6.07, 6.45) is 5.33. The lowest BCUT2D eigenvalue weighted by atomic mass is 9.87. The Bertz CT molecular complexity index is 1430. The highest BCUT2D eigenvalue weighted by molar-refractivity contribution is 5.94. The molecule has 1 amide bonds. The van der Waals surface area contributed by atoms with E-state index in [9.17, 15) is 4.79 Å². The van der Waals surface area contributed by atoms with Gasteiger partial charge < -0.3 is 9.80 Å². The number of benzene rings is 3. The van der Waals surface area contributed by atoms with E-state index in [1.54, 1.807) is 0 Å². The molecule has 4 aromatic rings. The monoisotopic (exact) mass is 560 g/mol. The van der Waals surface area contributed by atoms with Gasteiger partial charge in [-0.25, -0.2) is 0 Å². The number of carbonyl (C=O) groups excluding carboxylic acids is 1. The van der Waals surface area contributed by atoms with E-state index in [-0.39, 0.29) is 11.9 Å². The molecule has 1 saturated heterocycles. The maximum Gasteiger partial charge on any atom is 0.253 e. The van der Waals surface area contributed by atoms with E-state index in [2.05, 4.69) is 83.2 Å². The van der Waals surface area contributed by atoms with Crippen LogP contribution in [0.1, 0.15) is 77.3 Å². The van der Waals surface area contributed by atoms with Crippen molar-refractivity contribution in [3.63, 3.8) is 0 Å². The number of amides is 1. The lowest BCUT2D eigenvalue weighted by molar-refractivity contribution is 0.0729. The van der Waals surface area contributed by atoms with Crippen molar-refractivity contribution < 1.29 is 4.79 Å². The topological polar surface area (TPSA) is 41.4 Å². The Hall–Kier alpha value is -3.70. The molecular weight excluding hydrogens is 516 g/mol. The van der Waals surface area contributed by atoms with E-state index in [0.717, 1.165) is 51.0 Å². The van der Waals surface area contributed by atoms with Gasteiger partial charge in [0.2, 0.25) is 0 Å². The van der Waals surface area contributed by atoms with Crippen LogP contribution in [0.15, 0.2) is 97.1 Å². The number of aryl methyl sites for hydroxylation is 1. The molecule has 1 aliphatic carbocycles. The lowest BCUT2D eigenvalue weighted by Gasteiger charge is -2.35. The van der Waals surface area contributed by atoms with E-state index in [1.807, 2.05) is 42.3 Å². The zero-order valence-corrected chi connectivity index (χ0v) is 25.1. The molecule has 5 heteroatoms. The van der Waals surface area contributed by atoms with Crippen molar-refractivity contribution in [3.8, 4) is 0 Å². The van der Waals surface area contributed by atoms with Crippen LogP contribution in [-0.2, 0) is 13.0 Å². The van der Waals surface area contributed by atoms with Crippen LogP contribution in [0.5, 0.6) is 0 Å². The molecule has 0 radical (unpaired) electrons. The molecule has 1 saturated carbocycles. The highest BCUT2D eigenvalue weighted by Crippen LogP contribution is 2.43. The Morgan fingerprint density at radius 1 is 0.881 bits per heavy atom. The third-order valence-electron chi connectivity index (χ3n) is 9.67. The largest absolute Gasteiger partial charge is 0.339 e. The predicted molar refractivity (Wildman–Crippen MR) is 170 cm³/mol. The SMILES string of the molecule is CCn1nc(Cc2ccccc2)cc1C1CCN(C[C@H]2CC(N(C)C(=O)c3ccccc3)C[C@@H]2c2ccccc2)CC1. The zero-order valence-electron chi connectivity index (χ0n) is 25.1. The summed E-state index contributed by atoms with van der Waals surface area (Å²) in [6.45, 7) is 6.46. The number of hydrogen-bond acceptors (Lipinski definition) is 3. The van der Waals surface area contributed by atoms with Crippen LogP contribution in [0.25, 0.3) is 0 Å². The molecule has 1 unspecified atom stereocenters. The smallest absolute Gasteiger partial charge is 0.253 e. The summed E-state index contributed by atoms with van der Waals surface area (Å²) in [7, 11) is 2.00. The van der Waals surface area contributed by atoms with E-state index in [1.165, 1.54) is 35.4 Å². The fourth-order valence-corrected chi connectivity index (χ4v) is 7.38. The molecule has 42 heavy (non-hydrogen) atoms. The van der Waals surface area contributed by atoms with Crippen molar-refractivity contribution in [1.29, 1.82) is 0 Å². The van der Waals surface area contributed by atoms with Crippen LogP contribution in [0.2, 0.25) is 0 Å². The molecule has 0 spiro atoms. The molecule has 5 nitrogen and oxygen atoms in total. The maximum atomic E-state index is 13.3. The van der Waals surface area contributed by atoms with E-state index in [4.69, 9.17) is 5.10 Å². The predicted octanol–water partition coefficient (Wildman–Crippen LogP) is 7.01. The van der Waals surface area contributed by atoms with E-state index < -0.39 is 0 Å². The van der Waals surface area contributed by atoms with Crippen molar-refractivity contribution in [2.24, 2.45) is 5.92 Å². The maximum absolute atomic E-state index is 13.3. The standard InChI is InChI=1S/C37H44N4O/c1-3-41-36(25-33(38-41)23-28-13-7-4-8-14-28)30-19-21-40(22-20-30)27-32-24-34(26-35(32)29-15-9-5-10-16-29)39(2)37(42)31-17-11-6-12-18-31/h4-18,25,30,32,34-35H,3,19-24,26-27H2,1-2H3/t32-,34?,35-/m1/s1. The van der Waals surface area contributed by atoms with Gasteiger partial charge in [-0.05, 0) is 86.9 Å². The molecule has 6 rings (SSSR count). The number of nitrogens with zero attached hydrogens (tertiary/aromatic N) is 4. The van der Waals surface area contributed by atoms with Gasteiger partial charge in [0.15, 0.2) is 0 Å². The van der Waals surface area contributed by atoms with Gasteiger partial charge in [-0.1, -0.05) is 78.9 Å². The van der Waals surface area contributed by atoms with Gasteiger partial charge in [-0.3, -0.25) is 9.48 Å². The fraction of sp³-hybridized carbons (Fsp3) is 0.405. The van der Waals surface area contributed by atoms with Gasteiger partial charge in [0.25, 0.3) is 5.91 Å². The minimum atomic E-state index is 0.132. The first kappa shape index (κ1) is 28.4. The Morgan fingerprint density at radius 2 is 1.52 bits per heavy atom. The summed E-state index contributed by atoms with van der Waals surface area (Å²) in [5.41, 5.74) is 6.10. The Morgan fingerprint density at radius 3 is 2.19 bits per heavy atom. The van der Waals surface area contributed by atoms with Crippen LogP contribution in [-0.4, -0.2) is 58.2 Å². The first-order chi connectivity index (χ1) is 20.6. The summed E-state index contributed by atoms with van der Waals surface area (Å²) in [5, 5.41) is 4.98. The molecular formula is C37H44N4O. The summed E-state index contributed by atoms with van der Waals surface area (Å²) < 4.78 is 2.24. The van der Waals surface area contributed by atoms with Crippen molar-refractivity contribution >= 4 is 5.91 Å². The second-order valence-electron chi connectivity index (χ2n) is 12.3. The first-order valence-corrected chi connectivity index (χ1v) is 15.8. The molecule has 2 aliphatic rings. The zero-order chi connectivity index (χ0) is 28.9. The first-order valence-electron chi connectivity index (χ1n) is 15.8. The Labute approximate surface area is 251 Å². The van der Waals surface area contributed by atoms with Crippen molar-refractivity contribution in [1.82, 2.24) is 19.6 Å². The van der Waals surface area contributed by atoms with E-state index in [0.29, 0.717) is 17.8 Å². The highest BCUT2D eigenvalue weighted by Gasteiger charge is 2.39. The fourth-order valence-electron chi connectivity index (χ4n) is 7.38. The van der Waals surface area contributed by atoms with E-state index >= 15 is 0 Å². The minimum absolute atomic E-state index is 0.132. The van der Waals surface area contributed by atoms with Crippen LogP contribution in [0.3, 0.4) is 0 Å². The van der Waals surface area contributed by atoms with Crippen LogP contribution >= 0.6 is 0 Å². The summed E-state index contributed by atoms with van der Waals surface area (Å²) in [4.78, 5) is 18.0. The molecule has 1 aliphatic heterocycles. The number of carbonyl (C=O) groups is 1. The second-order valence-corrected chi connectivity index (χ2v) is 12.3. The second kappa shape index (κ2) is 13.1. The van der Waals surface area contributed by atoms with Crippen molar-refractivity contribution in [2.75, 3.05) is 26.7 Å². The van der Waals surface area contributed by atoms with Gasteiger partial charge in [0, 0.05) is 49.8 Å². The molecule has 0 N–H and O–H groups in total. The molecule has 2 fully saturated rings. The van der Waals surface area contributed by atoms with Gasteiger partial charge in [-0.2, -0.15) is 5.10 Å². The number of likely N-dealkylation sites (tertiary alicyclic amines) is 1. The number of rotatable bonds is 9. The van der Waals surface area contributed by atoms with Crippen LogP contribution in [0, 0.1) is 5.92 Å². The van der Waals surface area contributed by atoms with Crippen LogP contribution in [0.4, 0.5) is 0 Å². The number of piperidine rings is 1. The lowest BCUT2D eigenvalue weighted by Crippen LogP contribution is -2.38. The number of aromatic nitrogens is 2. The van der Waals surface area contributed by atoms with Gasteiger partial charge in [0.1, 0.15) is 0 Å². The summed E-state index contributed by atoms with van der Waals surface area (Å²) >= 11 is 0. The third-order valence-corrected chi connectivity index (χ3v) is 9.67. The highest BCUT2D eigenvalue weighted by atomic mass is 16.2. The molecule has 1 aromatic heterocycles. The minimum Gasteiger partial charge on any atom is -0.339 e. The number of hydrogen-bond donors (Lipinski definition) is 0.